The molecule has 2 rings (SSSR count). The lowest BCUT2D eigenvalue weighted by Crippen LogP contribution is -2.20. The summed E-state index contributed by atoms with van der Waals surface area (Å²) in [5.41, 5.74) is 6.22. The van der Waals surface area contributed by atoms with Gasteiger partial charge in [0.2, 0.25) is 0 Å². The molecule has 0 saturated heterocycles. The van der Waals surface area contributed by atoms with Crippen molar-refractivity contribution in [1.82, 2.24) is 5.01 Å². The minimum Gasteiger partial charge on any atom is -0.385 e. The molecule has 1 aliphatic rings. The van der Waals surface area contributed by atoms with Crippen molar-refractivity contribution in [3.8, 4) is 0 Å². The molecule has 0 aromatic heterocycles. The first kappa shape index (κ1) is 11.1. The van der Waals surface area contributed by atoms with Gasteiger partial charge in [-0.25, -0.2) is 5.01 Å². The number of hydrogen-bond donors (Lipinski definition) is 1. The summed E-state index contributed by atoms with van der Waals surface area (Å²) in [6.45, 7) is 0.275. The Bertz CT molecular complexity index is 495. The topological polar surface area (TPSA) is 102 Å². The number of carbonyl (C=O) groups excluding carboxylic acids is 1. The predicted molar refractivity (Wildman–Crippen MR) is 59.9 cm³/mol. The minimum absolute atomic E-state index is 0.0181. The third-order valence-corrected chi connectivity index (χ3v) is 2.35. The van der Waals surface area contributed by atoms with Gasteiger partial charge in [0.15, 0.2) is 0 Å². The molecule has 0 unspecified atom stereocenters. The smallest absolute Gasteiger partial charge is 0.269 e. The SMILES string of the molecule is NC1=NN(Cc2ccc([N+](=O)[O-])cc2)C(=O)C1. The molecular weight excluding hydrogens is 224 g/mol. The van der Waals surface area contributed by atoms with Gasteiger partial charge in [-0.15, -0.1) is 0 Å². The fourth-order valence-corrected chi connectivity index (χ4v) is 1.51. The van der Waals surface area contributed by atoms with Gasteiger partial charge in [-0.3, -0.25) is 14.9 Å². The fraction of sp³-hybridized carbons (Fsp3) is 0.200. The monoisotopic (exact) mass is 234 g/mol. The summed E-state index contributed by atoms with van der Waals surface area (Å²) in [7, 11) is 0. The standard InChI is InChI=1S/C10H10N4O3/c11-9-5-10(15)13(12-9)6-7-1-3-8(4-2-7)14(16)17/h1-4H,5-6H2,(H2,11,12). The van der Waals surface area contributed by atoms with Crippen LogP contribution in [0.4, 0.5) is 5.69 Å². The van der Waals surface area contributed by atoms with E-state index in [1.54, 1.807) is 12.1 Å². The van der Waals surface area contributed by atoms with E-state index in [4.69, 9.17) is 5.73 Å². The van der Waals surface area contributed by atoms with E-state index in [0.29, 0.717) is 0 Å². The Morgan fingerprint density at radius 1 is 1.41 bits per heavy atom. The second kappa shape index (κ2) is 4.20. The average Bonchev–Trinajstić information content (AvgIpc) is 2.58. The highest BCUT2D eigenvalue weighted by Crippen LogP contribution is 2.15. The van der Waals surface area contributed by atoms with Crippen LogP contribution >= 0.6 is 0 Å². The molecule has 0 aliphatic carbocycles. The van der Waals surface area contributed by atoms with Crippen molar-refractivity contribution in [3.05, 3.63) is 39.9 Å². The van der Waals surface area contributed by atoms with E-state index in [-0.39, 0.29) is 30.4 Å². The first-order valence-electron chi connectivity index (χ1n) is 4.93. The van der Waals surface area contributed by atoms with Gasteiger partial charge in [-0.05, 0) is 5.56 Å². The number of nitro benzene ring substituents is 1. The lowest BCUT2D eigenvalue weighted by molar-refractivity contribution is -0.384. The van der Waals surface area contributed by atoms with E-state index >= 15 is 0 Å². The molecule has 7 nitrogen and oxygen atoms in total. The number of nitrogens with zero attached hydrogens (tertiary/aromatic N) is 3. The number of nitrogens with two attached hydrogens (primary N) is 1. The number of amidine groups is 1. The van der Waals surface area contributed by atoms with Gasteiger partial charge in [0.25, 0.3) is 11.6 Å². The van der Waals surface area contributed by atoms with Gasteiger partial charge in [0.05, 0.1) is 17.9 Å². The van der Waals surface area contributed by atoms with Gasteiger partial charge in [0.1, 0.15) is 5.84 Å². The molecule has 0 bridgehead atoms. The highest BCUT2D eigenvalue weighted by Gasteiger charge is 2.21. The number of benzene rings is 1. The van der Waals surface area contributed by atoms with Crippen molar-refractivity contribution in [2.75, 3.05) is 0 Å². The highest BCUT2D eigenvalue weighted by atomic mass is 16.6. The Labute approximate surface area is 96.7 Å². The maximum absolute atomic E-state index is 11.4. The Balaban J connectivity index is 2.09. The molecule has 0 saturated carbocycles. The summed E-state index contributed by atoms with van der Waals surface area (Å²) in [6.07, 6.45) is 0.132. The quantitative estimate of drug-likeness (QED) is 0.611. The van der Waals surface area contributed by atoms with Crippen LogP contribution in [0, 0.1) is 10.1 Å². The number of carbonyl (C=O) groups is 1. The van der Waals surface area contributed by atoms with E-state index in [2.05, 4.69) is 5.10 Å². The van der Waals surface area contributed by atoms with E-state index in [1.165, 1.54) is 17.1 Å². The fourth-order valence-electron chi connectivity index (χ4n) is 1.51. The zero-order valence-corrected chi connectivity index (χ0v) is 8.87. The van der Waals surface area contributed by atoms with Gasteiger partial charge in [-0.1, -0.05) is 12.1 Å². The predicted octanol–water partition coefficient (Wildman–Crippen LogP) is 0.599. The summed E-state index contributed by atoms with van der Waals surface area (Å²) in [5.74, 6) is 0.123. The van der Waals surface area contributed by atoms with Gasteiger partial charge < -0.3 is 5.73 Å². The summed E-state index contributed by atoms with van der Waals surface area (Å²) in [6, 6.07) is 5.97. The van der Waals surface area contributed by atoms with Crippen molar-refractivity contribution >= 4 is 17.4 Å². The Morgan fingerprint density at radius 3 is 2.53 bits per heavy atom. The molecule has 1 aliphatic heterocycles. The highest BCUT2D eigenvalue weighted by molar-refractivity contribution is 6.02. The molecule has 2 N–H and O–H groups in total. The molecule has 7 heteroatoms. The molecular formula is C10H10N4O3. The van der Waals surface area contributed by atoms with Crippen LogP contribution in [0.15, 0.2) is 29.4 Å². The number of amides is 1. The molecule has 17 heavy (non-hydrogen) atoms. The first-order valence-corrected chi connectivity index (χ1v) is 4.93. The number of rotatable bonds is 3. The van der Waals surface area contributed by atoms with Crippen LogP contribution in [0.3, 0.4) is 0 Å². The molecule has 1 aromatic carbocycles. The normalized spacial score (nSPS) is 14.9. The van der Waals surface area contributed by atoms with E-state index in [1.807, 2.05) is 0 Å². The van der Waals surface area contributed by atoms with Crippen LogP contribution in [0.1, 0.15) is 12.0 Å². The summed E-state index contributed by atoms with van der Waals surface area (Å²) < 4.78 is 0. The molecule has 0 atom stereocenters. The molecule has 88 valence electrons. The summed E-state index contributed by atoms with van der Waals surface area (Å²) in [4.78, 5) is 21.4. The van der Waals surface area contributed by atoms with Gasteiger partial charge in [0, 0.05) is 12.1 Å². The summed E-state index contributed by atoms with van der Waals surface area (Å²) in [5, 5.41) is 15.6. The van der Waals surface area contributed by atoms with Gasteiger partial charge >= 0.3 is 0 Å². The number of non-ortho nitro benzene ring substituents is 1. The molecule has 1 aromatic rings. The van der Waals surface area contributed by atoms with Crippen molar-refractivity contribution in [1.29, 1.82) is 0 Å². The average molecular weight is 234 g/mol. The zero-order valence-electron chi connectivity index (χ0n) is 8.87. The molecule has 1 amide bonds. The lowest BCUT2D eigenvalue weighted by Gasteiger charge is -2.10. The number of hydrogen-bond acceptors (Lipinski definition) is 5. The first-order chi connectivity index (χ1) is 8.06. The Hall–Kier alpha value is -2.44. The lowest BCUT2D eigenvalue weighted by atomic mass is 10.2. The minimum atomic E-state index is -0.471. The van der Waals surface area contributed by atoms with Crippen LogP contribution in [-0.2, 0) is 11.3 Å². The maximum atomic E-state index is 11.4. The Kier molecular flexibility index (Phi) is 2.73. The van der Waals surface area contributed by atoms with Crippen LogP contribution in [0.5, 0.6) is 0 Å². The molecule has 0 fully saturated rings. The van der Waals surface area contributed by atoms with Gasteiger partial charge in [-0.2, -0.15) is 5.10 Å². The Morgan fingerprint density at radius 2 is 2.06 bits per heavy atom. The third kappa shape index (κ3) is 2.39. The van der Waals surface area contributed by atoms with Crippen LogP contribution < -0.4 is 5.73 Å². The van der Waals surface area contributed by atoms with Crippen LogP contribution in [0.25, 0.3) is 0 Å². The van der Waals surface area contributed by atoms with Crippen molar-refractivity contribution < 1.29 is 9.72 Å². The molecule has 0 radical (unpaired) electrons. The largest absolute Gasteiger partial charge is 0.385 e. The van der Waals surface area contributed by atoms with E-state index in [9.17, 15) is 14.9 Å². The molecule has 1 heterocycles. The van der Waals surface area contributed by atoms with Crippen LogP contribution in [-0.4, -0.2) is 21.7 Å². The second-order valence-corrected chi connectivity index (χ2v) is 3.64. The van der Waals surface area contributed by atoms with Crippen molar-refractivity contribution in [2.45, 2.75) is 13.0 Å². The second-order valence-electron chi connectivity index (χ2n) is 3.64. The summed E-state index contributed by atoms with van der Waals surface area (Å²) >= 11 is 0. The zero-order chi connectivity index (χ0) is 12.4. The van der Waals surface area contributed by atoms with Crippen LogP contribution in [0.2, 0.25) is 0 Å². The number of nitro groups is 1. The number of hydrazone groups is 1. The van der Waals surface area contributed by atoms with E-state index in [0.717, 1.165) is 5.56 Å². The van der Waals surface area contributed by atoms with Crippen molar-refractivity contribution in [2.24, 2.45) is 10.8 Å². The maximum Gasteiger partial charge on any atom is 0.269 e. The third-order valence-electron chi connectivity index (χ3n) is 2.35. The van der Waals surface area contributed by atoms with Crippen molar-refractivity contribution in [3.63, 3.8) is 0 Å². The van der Waals surface area contributed by atoms with E-state index < -0.39 is 4.92 Å². The molecule has 0 spiro atoms.